The molecule has 1 aliphatic heterocycles. The average Bonchev–Trinajstić information content (AvgIpc) is 3.50. The van der Waals surface area contributed by atoms with Crippen molar-refractivity contribution in [1.29, 1.82) is 0 Å². The number of carbonyl (C=O) groups excluding carboxylic acids is 1. The van der Waals surface area contributed by atoms with Gasteiger partial charge in [-0.15, -0.1) is 0 Å². The highest BCUT2D eigenvalue weighted by molar-refractivity contribution is 7.21. The van der Waals surface area contributed by atoms with Crippen LogP contribution >= 0.6 is 11.3 Å². The van der Waals surface area contributed by atoms with E-state index in [2.05, 4.69) is 66.1 Å². The quantitative estimate of drug-likeness (QED) is 0.455. The SMILES string of the molecule is CNCC(=O)N1CCN(c2nc3c(C(C)C)c(-c4cn5ncnc5c(C)c4C)[nH]c3s2)C(C)C1. The number of piperazine rings is 1. The van der Waals surface area contributed by atoms with Gasteiger partial charge in [-0.2, -0.15) is 5.10 Å². The number of aryl methyl sites for hydroxylation is 1. The Labute approximate surface area is 203 Å². The number of anilines is 1. The van der Waals surface area contributed by atoms with Crippen molar-refractivity contribution in [2.75, 3.05) is 38.1 Å². The lowest BCUT2D eigenvalue weighted by atomic mass is 9.96. The van der Waals surface area contributed by atoms with Gasteiger partial charge in [-0.1, -0.05) is 25.2 Å². The van der Waals surface area contributed by atoms with Crippen molar-refractivity contribution in [3.63, 3.8) is 0 Å². The Hall–Kier alpha value is -2.98. The predicted molar refractivity (Wildman–Crippen MR) is 137 cm³/mol. The molecule has 1 amide bonds. The van der Waals surface area contributed by atoms with Gasteiger partial charge < -0.3 is 20.1 Å². The van der Waals surface area contributed by atoms with Crippen molar-refractivity contribution in [2.45, 2.75) is 46.6 Å². The molecule has 0 aliphatic carbocycles. The van der Waals surface area contributed by atoms with E-state index in [1.54, 1.807) is 17.7 Å². The zero-order chi connectivity index (χ0) is 24.1. The molecule has 0 aromatic carbocycles. The van der Waals surface area contributed by atoms with Crippen LogP contribution in [0.25, 0.3) is 27.3 Å². The van der Waals surface area contributed by atoms with Crippen LogP contribution in [0.15, 0.2) is 12.5 Å². The van der Waals surface area contributed by atoms with E-state index >= 15 is 0 Å². The highest BCUT2D eigenvalue weighted by Crippen LogP contribution is 2.41. The minimum Gasteiger partial charge on any atom is -0.344 e. The highest BCUT2D eigenvalue weighted by Gasteiger charge is 2.30. The fourth-order valence-electron chi connectivity index (χ4n) is 4.96. The molecule has 4 aromatic rings. The van der Waals surface area contributed by atoms with Gasteiger partial charge in [-0.05, 0) is 44.9 Å². The van der Waals surface area contributed by atoms with Gasteiger partial charge in [0.05, 0.1) is 12.2 Å². The number of aromatic nitrogens is 5. The Balaban J connectivity index is 1.52. The summed E-state index contributed by atoms with van der Waals surface area (Å²) in [6, 6.07) is 0.214. The molecule has 1 saturated heterocycles. The van der Waals surface area contributed by atoms with Crippen LogP contribution < -0.4 is 10.2 Å². The van der Waals surface area contributed by atoms with Crippen molar-refractivity contribution >= 4 is 38.4 Å². The first-order valence-corrected chi connectivity index (χ1v) is 12.6. The number of thiazole rings is 1. The molecule has 1 unspecified atom stereocenters. The van der Waals surface area contributed by atoms with E-state index < -0.39 is 0 Å². The van der Waals surface area contributed by atoms with Crippen LogP contribution in [0.4, 0.5) is 5.13 Å². The van der Waals surface area contributed by atoms with Crippen LogP contribution in [0.2, 0.25) is 0 Å². The van der Waals surface area contributed by atoms with Crippen LogP contribution in [-0.2, 0) is 4.79 Å². The molecule has 1 fully saturated rings. The third-order valence-electron chi connectivity index (χ3n) is 6.91. The van der Waals surface area contributed by atoms with Crippen molar-refractivity contribution < 1.29 is 4.79 Å². The Kier molecular flexibility index (Phi) is 5.81. The molecule has 0 saturated carbocycles. The van der Waals surface area contributed by atoms with Gasteiger partial charge in [0.25, 0.3) is 0 Å². The number of H-pyrrole nitrogens is 1. The number of pyridine rings is 1. The summed E-state index contributed by atoms with van der Waals surface area (Å²) in [6.07, 6.45) is 3.67. The van der Waals surface area contributed by atoms with Crippen LogP contribution in [0.1, 0.15) is 43.4 Å². The lowest BCUT2D eigenvalue weighted by Gasteiger charge is -2.39. The average molecular weight is 481 g/mol. The number of hydrogen-bond donors (Lipinski definition) is 2. The molecule has 1 aliphatic rings. The van der Waals surface area contributed by atoms with E-state index in [-0.39, 0.29) is 11.9 Å². The number of rotatable bonds is 5. The van der Waals surface area contributed by atoms with Gasteiger partial charge in [0.2, 0.25) is 5.91 Å². The third-order valence-corrected chi connectivity index (χ3v) is 7.91. The molecule has 0 spiro atoms. The monoisotopic (exact) mass is 480 g/mol. The first kappa shape index (κ1) is 22.8. The minimum absolute atomic E-state index is 0.155. The number of carbonyl (C=O) groups is 1. The molecular weight excluding hydrogens is 448 g/mol. The molecule has 0 radical (unpaired) electrons. The van der Waals surface area contributed by atoms with E-state index in [0.29, 0.717) is 19.0 Å². The lowest BCUT2D eigenvalue weighted by molar-refractivity contribution is -0.130. The van der Waals surface area contributed by atoms with Gasteiger partial charge in [-0.25, -0.2) is 14.5 Å². The molecule has 9 nitrogen and oxygen atoms in total. The van der Waals surface area contributed by atoms with Crippen molar-refractivity contribution in [3.05, 3.63) is 29.2 Å². The fraction of sp³-hybridized carbons (Fsp3) is 0.500. The second-order valence-electron chi connectivity index (χ2n) is 9.48. The third kappa shape index (κ3) is 3.65. The smallest absolute Gasteiger partial charge is 0.236 e. The Morgan fingerprint density at radius 3 is 2.79 bits per heavy atom. The Morgan fingerprint density at radius 1 is 1.29 bits per heavy atom. The summed E-state index contributed by atoms with van der Waals surface area (Å²) in [4.78, 5) is 30.9. The summed E-state index contributed by atoms with van der Waals surface area (Å²) in [6.45, 7) is 13.5. The van der Waals surface area contributed by atoms with E-state index in [0.717, 1.165) is 51.0 Å². The molecule has 180 valence electrons. The fourth-order valence-corrected chi connectivity index (χ4v) is 6.07. The van der Waals surface area contributed by atoms with Crippen molar-refractivity contribution in [2.24, 2.45) is 0 Å². The number of nitrogens with one attached hydrogen (secondary N) is 2. The predicted octanol–water partition coefficient (Wildman–Crippen LogP) is 3.33. The highest BCUT2D eigenvalue weighted by atomic mass is 32.1. The number of amides is 1. The van der Waals surface area contributed by atoms with Crippen molar-refractivity contribution in [1.82, 2.24) is 34.8 Å². The maximum Gasteiger partial charge on any atom is 0.236 e. The zero-order valence-electron chi connectivity index (χ0n) is 20.6. The maximum absolute atomic E-state index is 12.3. The number of aromatic amines is 1. The minimum atomic E-state index is 0.155. The first-order valence-electron chi connectivity index (χ1n) is 11.8. The first-order chi connectivity index (χ1) is 16.3. The second-order valence-corrected chi connectivity index (χ2v) is 10.5. The molecule has 5 rings (SSSR count). The van der Waals surface area contributed by atoms with E-state index in [1.807, 2.05) is 16.5 Å². The molecule has 10 heteroatoms. The number of fused-ring (bicyclic) bond motifs is 2. The van der Waals surface area contributed by atoms with E-state index in [4.69, 9.17) is 4.98 Å². The molecule has 0 bridgehead atoms. The molecule has 1 atom stereocenters. The number of nitrogens with zero attached hydrogens (tertiary/aromatic N) is 6. The molecule has 5 heterocycles. The van der Waals surface area contributed by atoms with E-state index in [1.165, 1.54) is 11.1 Å². The van der Waals surface area contributed by atoms with Gasteiger partial charge in [0, 0.05) is 43.0 Å². The lowest BCUT2D eigenvalue weighted by Crippen LogP contribution is -2.55. The van der Waals surface area contributed by atoms with Gasteiger partial charge in [0.1, 0.15) is 16.7 Å². The Morgan fingerprint density at radius 2 is 2.09 bits per heavy atom. The van der Waals surface area contributed by atoms with Crippen LogP contribution in [0, 0.1) is 13.8 Å². The number of hydrogen-bond acceptors (Lipinski definition) is 7. The van der Waals surface area contributed by atoms with Gasteiger partial charge >= 0.3 is 0 Å². The Bertz CT molecular complexity index is 1370. The zero-order valence-corrected chi connectivity index (χ0v) is 21.5. The summed E-state index contributed by atoms with van der Waals surface area (Å²) >= 11 is 1.70. The van der Waals surface area contributed by atoms with E-state index in [9.17, 15) is 4.79 Å². The van der Waals surface area contributed by atoms with Gasteiger partial charge in [-0.3, -0.25) is 4.79 Å². The maximum atomic E-state index is 12.3. The van der Waals surface area contributed by atoms with Gasteiger partial charge in [0.15, 0.2) is 10.8 Å². The largest absolute Gasteiger partial charge is 0.344 e. The van der Waals surface area contributed by atoms with Crippen molar-refractivity contribution in [3.8, 4) is 11.3 Å². The summed E-state index contributed by atoms with van der Waals surface area (Å²) in [7, 11) is 1.81. The van der Waals surface area contributed by atoms with Crippen LogP contribution in [0.5, 0.6) is 0 Å². The van der Waals surface area contributed by atoms with Crippen LogP contribution in [-0.4, -0.2) is 74.6 Å². The number of likely N-dealkylation sites (N-methyl/N-ethyl adjacent to an activating group) is 1. The van der Waals surface area contributed by atoms with Crippen LogP contribution in [0.3, 0.4) is 0 Å². The normalized spacial score (nSPS) is 17.0. The summed E-state index contributed by atoms with van der Waals surface area (Å²) in [5, 5.41) is 8.35. The standard InChI is InChI=1S/C24H32N8OS/c1-13(2)19-20(17-11-32-22(26-12-27-32)16(5)15(17)4)28-23-21(19)29-24(34-23)31-8-7-30(10-14(31)3)18(33)9-25-6/h11-14,25,28H,7-10H2,1-6H3. The molecule has 4 aromatic heterocycles. The molecule has 2 N–H and O–H groups in total. The summed E-state index contributed by atoms with van der Waals surface area (Å²) in [5.41, 5.74) is 7.75. The summed E-state index contributed by atoms with van der Waals surface area (Å²) < 4.78 is 1.85. The molecule has 34 heavy (non-hydrogen) atoms. The summed E-state index contributed by atoms with van der Waals surface area (Å²) in [5.74, 6) is 0.459. The second kappa shape index (κ2) is 8.66. The topological polar surface area (TPSA) is 94.5 Å². The molecular formula is C24H32N8OS.